The molecule has 100 valence electrons. The van der Waals surface area contributed by atoms with Crippen molar-refractivity contribution in [1.29, 1.82) is 0 Å². The van der Waals surface area contributed by atoms with Gasteiger partial charge in [-0.3, -0.25) is 0 Å². The van der Waals surface area contributed by atoms with Gasteiger partial charge in [0, 0.05) is 12.1 Å². The van der Waals surface area contributed by atoms with Crippen molar-refractivity contribution < 1.29 is 4.39 Å². The molecule has 3 nitrogen and oxygen atoms in total. The second-order valence-electron chi connectivity index (χ2n) is 3.95. The topological polar surface area (TPSA) is 37.8 Å². The summed E-state index contributed by atoms with van der Waals surface area (Å²) in [4.78, 5) is 8.79. The third kappa shape index (κ3) is 3.04. The summed E-state index contributed by atoms with van der Waals surface area (Å²) in [6.45, 7) is 4.61. The second-order valence-corrected chi connectivity index (χ2v) is 5.15. The highest BCUT2D eigenvalue weighted by Crippen LogP contribution is 2.28. The molecule has 0 aliphatic carbocycles. The summed E-state index contributed by atoms with van der Waals surface area (Å²) in [5.74, 6) is 0.773. The Labute approximate surface area is 124 Å². The van der Waals surface area contributed by atoms with Gasteiger partial charge in [0.05, 0.1) is 15.2 Å². The minimum Gasteiger partial charge on any atom is -0.369 e. The molecular formula is C13H12BrClFN3. The summed E-state index contributed by atoms with van der Waals surface area (Å²) >= 11 is 9.22. The van der Waals surface area contributed by atoms with Gasteiger partial charge in [-0.1, -0.05) is 11.6 Å². The standard InChI is InChI=1S/C13H12BrClFN3/c1-3-17-13-11(14)7(2)18-12(19-13)8-4-5-10(16)9(15)6-8/h4-6H,3H2,1-2H3,(H,17,18,19). The van der Waals surface area contributed by atoms with Crippen LogP contribution in [0.5, 0.6) is 0 Å². The number of aromatic nitrogens is 2. The molecule has 2 aromatic rings. The Hall–Kier alpha value is -1.20. The molecule has 0 aliphatic rings. The lowest BCUT2D eigenvalue weighted by Crippen LogP contribution is -2.04. The fourth-order valence-electron chi connectivity index (χ4n) is 1.61. The van der Waals surface area contributed by atoms with Crippen molar-refractivity contribution in [1.82, 2.24) is 9.97 Å². The van der Waals surface area contributed by atoms with Gasteiger partial charge in [0.15, 0.2) is 5.82 Å². The fraction of sp³-hybridized carbons (Fsp3) is 0.231. The highest BCUT2D eigenvalue weighted by Gasteiger charge is 2.11. The lowest BCUT2D eigenvalue weighted by Gasteiger charge is -2.10. The van der Waals surface area contributed by atoms with Crippen LogP contribution in [0.1, 0.15) is 12.6 Å². The first-order valence-electron chi connectivity index (χ1n) is 5.76. The molecule has 1 aromatic heterocycles. The molecule has 0 aliphatic heterocycles. The van der Waals surface area contributed by atoms with Gasteiger partial charge in [-0.25, -0.2) is 14.4 Å². The number of nitrogens with one attached hydrogen (secondary N) is 1. The second kappa shape index (κ2) is 5.84. The van der Waals surface area contributed by atoms with Crippen LogP contribution in [0.2, 0.25) is 5.02 Å². The van der Waals surface area contributed by atoms with Gasteiger partial charge in [0.25, 0.3) is 0 Å². The van der Waals surface area contributed by atoms with Crippen LogP contribution in [0, 0.1) is 12.7 Å². The molecule has 0 unspecified atom stereocenters. The number of hydrogen-bond acceptors (Lipinski definition) is 3. The molecule has 0 saturated heterocycles. The van der Waals surface area contributed by atoms with Gasteiger partial charge in [-0.05, 0) is 48.0 Å². The highest BCUT2D eigenvalue weighted by molar-refractivity contribution is 9.10. The lowest BCUT2D eigenvalue weighted by atomic mass is 10.2. The van der Waals surface area contributed by atoms with Crippen LogP contribution < -0.4 is 5.32 Å². The first-order chi connectivity index (χ1) is 9.02. The summed E-state index contributed by atoms with van der Waals surface area (Å²) in [6.07, 6.45) is 0. The molecule has 0 bridgehead atoms. The van der Waals surface area contributed by atoms with Crippen molar-refractivity contribution in [2.24, 2.45) is 0 Å². The first kappa shape index (κ1) is 14.2. The van der Waals surface area contributed by atoms with Crippen LogP contribution in [0.4, 0.5) is 10.2 Å². The van der Waals surface area contributed by atoms with Gasteiger partial charge in [-0.2, -0.15) is 0 Å². The number of nitrogens with zero attached hydrogens (tertiary/aromatic N) is 2. The monoisotopic (exact) mass is 343 g/mol. The maximum atomic E-state index is 13.2. The molecule has 0 fully saturated rings. The van der Waals surface area contributed by atoms with E-state index in [1.165, 1.54) is 12.1 Å². The SMILES string of the molecule is CCNc1nc(-c2ccc(F)c(Cl)c2)nc(C)c1Br. The molecule has 0 radical (unpaired) electrons. The Bertz CT molecular complexity index is 619. The van der Waals surface area contributed by atoms with Crippen LogP contribution in [-0.4, -0.2) is 16.5 Å². The van der Waals surface area contributed by atoms with Crippen molar-refractivity contribution in [2.45, 2.75) is 13.8 Å². The van der Waals surface area contributed by atoms with Crippen LogP contribution in [0.25, 0.3) is 11.4 Å². The summed E-state index contributed by atoms with van der Waals surface area (Å²) in [6, 6.07) is 4.44. The first-order valence-corrected chi connectivity index (χ1v) is 6.93. The number of aryl methyl sites for hydroxylation is 1. The van der Waals surface area contributed by atoms with Crippen LogP contribution in [-0.2, 0) is 0 Å². The van der Waals surface area contributed by atoms with Gasteiger partial charge in [0.1, 0.15) is 11.6 Å². The number of halogens is 3. The predicted molar refractivity (Wildman–Crippen MR) is 79.0 cm³/mol. The minimum absolute atomic E-state index is 0.0617. The minimum atomic E-state index is -0.453. The molecule has 0 amide bonds. The Morgan fingerprint density at radius 3 is 2.74 bits per heavy atom. The summed E-state index contributed by atoms with van der Waals surface area (Å²) in [5.41, 5.74) is 1.49. The number of rotatable bonds is 3. The van der Waals surface area contributed by atoms with E-state index in [2.05, 4.69) is 31.2 Å². The van der Waals surface area contributed by atoms with E-state index in [0.717, 1.165) is 16.7 Å². The summed E-state index contributed by atoms with van der Waals surface area (Å²) in [5, 5.41) is 3.21. The summed E-state index contributed by atoms with van der Waals surface area (Å²) in [7, 11) is 0. The van der Waals surface area contributed by atoms with Gasteiger partial charge >= 0.3 is 0 Å². The fourth-order valence-corrected chi connectivity index (χ4v) is 2.11. The lowest BCUT2D eigenvalue weighted by molar-refractivity contribution is 0.628. The molecule has 19 heavy (non-hydrogen) atoms. The van der Waals surface area contributed by atoms with E-state index in [-0.39, 0.29) is 5.02 Å². The average Bonchev–Trinajstić information content (AvgIpc) is 2.38. The zero-order chi connectivity index (χ0) is 14.0. The third-order valence-corrected chi connectivity index (χ3v) is 3.78. The average molecular weight is 345 g/mol. The van der Waals surface area contributed by atoms with Crippen LogP contribution in [0.3, 0.4) is 0 Å². The van der Waals surface area contributed by atoms with Gasteiger partial charge in [0.2, 0.25) is 0 Å². The van der Waals surface area contributed by atoms with Gasteiger partial charge in [-0.15, -0.1) is 0 Å². The number of anilines is 1. The van der Waals surface area contributed by atoms with Crippen LogP contribution in [0.15, 0.2) is 22.7 Å². The zero-order valence-electron chi connectivity index (χ0n) is 10.5. The highest BCUT2D eigenvalue weighted by atomic mass is 79.9. The molecule has 0 spiro atoms. The Morgan fingerprint density at radius 1 is 1.37 bits per heavy atom. The smallest absolute Gasteiger partial charge is 0.161 e. The quantitative estimate of drug-likeness (QED) is 0.894. The van der Waals surface area contributed by atoms with Crippen LogP contribution >= 0.6 is 27.5 Å². The Balaban J connectivity index is 2.52. The Kier molecular flexibility index (Phi) is 4.37. The molecule has 1 heterocycles. The van der Waals surface area contributed by atoms with Gasteiger partial charge < -0.3 is 5.32 Å². The molecule has 0 saturated carbocycles. The predicted octanol–water partition coefficient (Wildman–Crippen LogP) is 4.44. The van der Waals surface area contributed by atoms with E-state index >= 15 is 0 Å². The van der Waals surface area contributed by atoms with Crippen molar-refractivity contribution in [2.75, 3.05) is 11.9 Å². The number of hydrogen-bond donors (Lipinski definition) is 1. The maximum absolute atomic E-state index is 13.2. The zero-order valence-corrected chi connectivity index (χ0v) is 12.8. The van der Waals surface area contributed by atoms with E-state index < -0.39 is 5.82 Å². The van der Waals surface area contributed by atoms with Crippen molar-refractivity contribution in [3.8, 4) is 11.4 Å². The largest absolute Gasteiger partial charge is 0.369 e. The maximum Gasteiger partial charge on any atom is 0.161 e. The molecule has 1 N–H and O–H groups in total. The van der Waals surface area contributed by atoms with Crippen molar-refractivity contribution >= 4 is 33.3 Å². The van der Waals surface area contributed by atoms with Crippen molar-refractivity contribution in [3.05, 3.63) is 39.2 Å². The third-order valence-electron chi connectivity index (χ3n) is 2.54. The molecule has 2 rings (SSSR count). The molecule has 1 aromatic carbocycles. The Morgan fingerprint density at radius 2 is 2.11 bits per heavy atom. The van der Waals surface area contributed by atoms with Crippen molar-refractivity contribution in [3.63, 3.8) is 0 Å². The molecule has 6 heteroatoms. The van der Waals surface area contributed by atoms with E-state index in [1.807, 2.05) is 13.8 Å². The van der Waals surface area contributed by atoms with E-state index in [4.69, 9.17) is 11.6 Å². The van der Waals surface area contributed by atoms with E-state index in [0.29, 0.717) is 17.2 Å². The summed E-state index contributed by atoms with van der Waals surface area (Å²) < 4.78 is 14.0. The normalized spacial score (nSPS) is 10.6. The molecule has 0 atom stereocenters. The molecular weight excluding hydrogens is 333 g/mol. The van der Waals surface area contributed by atoms with E-state index in [9.17, 15) is 4.39 Å². The van der Waals surface area contributed by atoms with E-state index in [1.54, 1.807) is 6.07 Å². The number of benzene rings is 1.